The number of benzene rings is 1. The van der Waals surface area contributed by atoms with Crippen LogP contribution in [0.5, 0.6) is 0 Å². The Morgan fingerprint density at radius 2 is 2.08 bits per heavy atom. The minimum absolute atomic E-state index is 0.0180. The molecule has 1 aliphatic carbocycles. The fourth-order valence-corrected chi connectivity index (χ4v) is 4.03. The topological polar surface area (TPSA) is 74.3 Å². The summed E-state index contributed by atoms with van der Waals surface area (Å²) >= 11 is 2.25. The summed E-state index contributed by atoms with van der Waals surface area (Å²) in [6.07, 6.45) is 5.30. The molecule has 0 radical (unpaired) electrons. The second kappa shape index (κ2) is 8.71. The molecule has 0 saturated heterocycles. The number of H-pyrrole nitrogens is 1. The average Bonchev–Trinajstić information content (AvgIpc) is 3.08. The van der Waals surface area contributed by atoms with Crippen molar-refractivity contribution in [1.82, 2.24) is 10.3 Å². The number of nitrogens with one attached hydrogen (secondary N) is 2. The third-order valence-electron chi connectivity index (χ3n) is 5.15. The van der Waals surface area contributed by atoms with Crippen LogP contribution in [-0.2, 0) is 4.74 Å². The van der Waals surface area contributed by atoms with E-state index in [1.54, 1.807) is 0 Å². The second-order valence-electron chi connectivity index (χ2n) is 7.49. The van der Waals surface area contributed by atoms with Gasteiger partial charge in [-0.25, -0.2) is 0 Å². The summed E-state index contributed by atoms with van der Waals surface area (Å²) in [5.74, 6) is 0.194. The van der Waals surface area contributed by atoms with Crippen LogP contribution in [-0.4, -0.2) is 40.9 Å². The lowest BCUT2D eigenvalue weighted by molar-refractivity contribution is -0.0399. The van der Waals surface area contributed by atoms with Gasteiger partial charge in [-0.2, -0.15) is 0 Å². The summed E-state index contributed by atoms with van der Waals surface area (Å²) < 4.78 is 6.89. The SMILES string of the molecule is CC(C)C(O)COC1CCC(NC(=O)c2cc(I)cc3cc[nH]c23)CC1. The van der Waals surface area contributed by atoms with Crippen molar-refractivity contribution in [2.75, 3.05) is 6.61 Å². The number of aromatic nitrogens is 1. The molecule has 1 aromatic carbocycles. The fraction of sp³-hybridized carbons (Fsp3) is 0.550. The van der Waals surface area contributed by atoms with E-state index in [-0.39, 0.29) is 24.0 Å². The summed E-state index contributed by atoms with van der Waals surface area (Å²) in [6, 6.07) is 6.16. The average molecular weight is 470 g/mol. The van der Waals surface area contributed by atoms with Crippen LogP contribution in [0.1, 0.15) is 49.9 Å². The monoisotopic (exact) mass is 470 g/mol. The molecule has 1 amide bonds. The fourth-order valence-electron chi connectivity index (χ4n) is 3.38. The van der Waals surface area contributed by atoms with Crippen LogP contribution in [0.15, 0.2) is 24.4 Å². The molecule has 6 heteroatoms. The largest absolute Gasteiger partial charge is 0.390 e. The third-order valence-corrected chi connectivity index (χ3v) is 5.77. The van der Waals surface area contributed by atoms with Gasteiger partial charge in [0, 0.05) is 21.2 Å². The molecule has 5 nitrogen and oxygen atoms in total. The van der Waals surface area contributed by atoms with Crippen LogP contribution >= 0.6 is 22.6 Å². The second-order valence-corrected chi connectivity index (χ2v) is 8.73. The van der Waals surface area contributed by atoms with E-state index in [2.05, 4.69) is 39.0 Å². The molecule has 142 valence electrons. The first kappa shape index (κ1) is 19.6. The number of carbonyl (C=O) groups excluding carboxylic acids is 1. The van der Waals surface area contributed by atoms with Crippen LogP contribution in [0.25, 0.3) is 10.9 Å². The Bertz CT molecular complexity index is 751. The van der Waals surface area contributed by atoms with Gasteiger partial charge in [0.25, 0.3) is 5.91 Å². The van der Waals surface area contributed by atoms with Crippen LogP contribution in [0.2, 0.25) is 0 Å². The highest BCUT2D eigenvalue weighted by atomic mass is 127. The molecule has 1 saturated carbocycles. The van der Waals surface area contributed by atoms with Crippen LogP contribution in [0.3, 0.4) is 0 Å². The van der Waals surface area contributed by atoms with Gasteiger partial charge < -0.3 is 20.1 Å². The molecule has 3 N–H and O–H groups in total. The molecule has 3 rings (SSSR count). The van der Waals surface area contributed by atoms with E-state index in [0.29, 0.717) is 12.2 Å². The maximum Gasteiger partial charge on any atom is 0.253 e. The number of carbonyl (C=O) groups is 1. The van der Waals surface area contributed by atoms with E-state index in [9.17, 15) is 9.90 Å². The number of aliphatic hydroxyl groups excluding tert-OH is 1. The predicted octanol–water partition coefficient (Wildman–Crippen LogP) is 3.85. The molecular weight excluding hydrogens is 443 g/mol. The van der Waals surface area contributed by atoms with E-state index in [1.165, 1.54) is 0 Å². The van der Waals surface area contributed by atoms with Crippen molar-refractivity contribution in [2.24, 2.45) is 5.92 Å². The predicted molar refractivity (Wildman–Crippen MR) is 111 cm³/mol. The van der Waals surface area contributed by atoms with Gasteiger partial charge in [-0.1, -0.05) is 13.8 Å². The lowest BCUT2D eigenvalue weighted by atomic mass is 9.92. The normalized spacial score (nSPS) is 21.9. The zero-order valence-corrected chi connectivity index (χ0v) is 17.5. The molecule has 0 spiro atoms. The molecule has 2 aromatic rings. The molecule has 0 aliphatic heterocycles. The number of fused-ring (bicyclic) bond motifs is 1. The Morgan fingerprint density at radius 1 is 1.35 bits per heavy atom. The van der Waals surface area contributed by atoms with Crippen LogP contribution < -0.4 is 5.32 Å². The first-order valence-corrected chi connectivity index (χ1v) is 10.4. The lowest BCUT2D eigenvalue weighted by Gasteiger charge is -2.30. The van der Waals surface area contributed by atoms with Crippen molar-refractivity contribution in [1.29, 1.82) is 0 Å². The van der Waals surface area contributed by atoms with Crippen molar-refractivity contribution in [3.63, 3.8) is 0 Å². The number of ether oxygens (including phenoxy) is 1. The summed E-state index contributed by atoms with van der Waals surface area (Å²) in [5, 5.41) is 14.1. The zero-order valence-electron chi connectivity index (χ0n) is 15.3. The van der Waals surface area contributed by atoms with E-state index < -0.39 is 6.10 Å². The molecule has 0 bridgehead atoms. The van der Waals surface area contributed by atoms with Crippen LogP contribution in [0, 0.1) is 9.49 Å². The standard InChI is InChI=1S/C20H27IN2O3/c1-12(2)18(24)11-26-16-5-3-15(4-6-16)23-20(25)17-10-14(21)9-13-7-8-22-19(13)17/h7-10,12,15-16,18,22,24H,3-6,11H2,1-2H3,(H,23,25). The highest BCUT2D eigenvalue weighted by Gasteiger charge is 2.25. The number of hydrogen-bond acceptors (Lipinski definition) is 3. The van der Waals surface area contributed by atoms with Gasteiger partial charge >= 0.3 is 0 Å². The Balaban J connectivity index is 1.53. The highest BCUT2D eigenvalue weighted by Crippen LogP contribution is 2.24. The Morgan fingerprint density at radius 3 is 2.77 bits per heavy atom. The lowest BCUT2D eigenvalue weighted by Crippen LogP contribution is -2.39. The molecule has 26 heavy (non-hydrogen) atoms. The summed E-state index contributed by atoms with van der Waals surface area (Å²) in [5.41, 5.74) is 1.60. The van der Waals surface area contributed by atoms with E-state index in [0.717, 1.165) is 40.2 Å². The molecular formula is C20H27IN2O3. The molecule has 1 atom stereocenters. The maximum atomic E-state index is 12.7. The number of halogens is 1. The molecule has 1 unspecified atom stereocenters. The van der Waals surface area contributed by atoms with E-state index >= 15 is 0 Å². The van der Waals surface area contributed by atoms with Crippen molar-refractivity contribution in [3.05, 3.63) is 33.5 Å². The first-order chi connectivity index (χ1) is 12.4. The zero-order chi connectivity index (χ0) is 18.7. The highest BCUT2D eigenvalue weighted by molar-refractivity contribution is 14.1. The Labute approximate surface area is 168 Å². The smallest absolute Gasteiger partial charge is 0.253 e. The van der Waals surface area contributed by atoms with Crippen molar-refractivity contribution in [2.45, 2.75) is 57.8 Å². The third kappa shape index (κ3) is 4.78. The molecule has 1 aromatic heterocycles. The summed E-state index contributed by atoms with van der Waals surface area (Å²) in [7, 11) is 0. The van der Waals surface area contributed by atoms with Crippen molar-refractivity contribution >= 4 is 39.4 Å². The van der Waals surface area contributed by atoms with Gasteiger partial charge in [0.2, 0.25) is 0 Å². The number of aliphatic hydroxyl groups is 1. The van der Waals surface area contributed by atoms with Gasteiger partial charge in [-0.15, -0.1) is 0 Å². The number of hydrogen-bond donors (Lipinski definition) is 3. The van der Waals surface area contributed by atoms with Gasteiger partial charge in [-0.3, -0.25) is 4.79 Å². The van der Waals surface area contributed by atoms with E-state index in [1.807, 2.05) is 32.2 Å². The van der Waals surface area contributed by atoms with E-state index in [4.69, 9.17) is 4.74 Å². The van der Waals surface area contributed by atoms with Gasteiger partial charge in [0.05, 0.1) is 29.9 Å². The van der Waals surface area contributed by atoms with Crippen molar-refractivity contribution < 1.29 is 14.6 Å². The number of aromatic amines is 1. The number of amides is 1. The minimum atomic E-state index is -0.406. The van der Waals surface area contributed by atoms with Gasteiger partial charge in [0.15, 0.2) is 0 Å². The molecule has 1 fully saturated rings. The van der Waals surface area contributed by atoms with Gasteiger partial charge in [-0.05, 0) is 72.4 Å². The number of rotatable bonds is 6. The molecule has 1 heterocycles. The Hall–Kier alpha value is -1.12. The maximum absolute atomic E-state index is 12.7. The first-order valence-electron chi connectivity index (χ1n) is 9.31. The summed E-state index contributed by atoms with van der Waals surface area (Å²) in [6.45, 7) is 4.38. The summed E-state index contributed by atoms with van der Waals surface area (Å²) in [4.78, 5) is 15.9. The minimum Gasteiger partial charge on any atom is -0.390 e. The quantitative estimate of drug-likeness (QED) is 0.562. The Kier molecular flexibility index (Phi) is 6.58. The van der Waals surface area contributed by atoms with Crippen molar-refractivity contribution in [3.8, 4) is 0 Å². The van der Waals surface area contributed by atoms with Gasteiger partial charge in [0.1, 0.15) is 0 Å². The molecule has 1 aliphatic rings. The van der Waals surface area contributed by atoms with Crippen LogP contribution in [0.4, 0.5) is 0 Å².